The summed E-state index contributed by atoms with van der Waals surface area (Å²) in [6.07, 6.45) is 3.26. The van der Waals surface area contributed by atoms with Crippen LogP contribution in [0.25, 0.3) is 16.9 Å². The SMILES string of the molecule is CCOc1ccc(-c2ccnc3c(C(=O)NCc4ccc(C)c(C)c4)cnn23)cc1. The summed E-state index contributed by atoms with van der Waals surface area (Å²) in [4.78, 5) is 17.2. The van der Waals surface area contributed by atoms with Crippen molar-refractivity contribution >= 4 is 11.6 Å². The Morgan fingerprint density at radius 1 is 1.07 bits per heavy atom. The van der Waals surface area contributed by atoms with E-state index in [1.807, 2.05) is 43.3 Å². The second-order valence-electron chi connectivity index (χ2n) is 7.18. The number of hydrogen-bond donors (Lipinski definition) is 1. The van der Waals surface area contributed by atoms with Gasteiger partial charge in [0.05, 0.1) is 18.5 Å². The third kappa shape index (κ3) is 3.89. The first kappa shape index (κ1) is 19.6. The molecule has 0 aliphatic rings. The van der Waals surface area contributed by atoms with Crippen molar-refractivity contribution in [3.8, 4) is 17.0 Å². The molecule has 0 spiro atoms. The Balaban J connectivity index is 1.57. The van der Waals surface area contributed by atoms with Crippen LogP contribution in [-0.4, -0.2) is 27.1 Å². The van der Waals surface area contributed by atoms with Crippen LogP contribution < -0.4 is 10.1 Å². The number of fused-ring (bicyclic) bond motifs is 1. The molecule has 0 radical (unpaired) electrons. The van der Waals surface area contributed by atoms with Gasteiger partial charge in [0.2, 0.25) is 0 Å². The minimum Gasteiger partial charge on any atom is -0.494 e. The lowest BCUT2D eigenvalue weighted by Gasteiger charge is -2.08. The number of ether oxygens (including phenoxy) is 1. The van der Waals surface area contributed by atoms with Gasteiger partial charge in [0, 0.05) is 18.3 Å². The van der Waals surface area contributed by atoms with E-state index in [0.717, 1.165) is 22.6 Å². The van der Waals surface area contributed by atoms with Crippen molar-refractivity contribution < 1.29 is 9.53 Å². The molecule has 0 aliphatic heterocycles. The molecule has 0 fully saturated rings. The number of nitrogens with one attached hydrogen (secondary N) is 1. The zero-order chi connectivity index (χ0) is 21.1. The van der Waals surface area contributed by atoms with Crippen molar-refractivity contribution in [3.63, 3.8) is 0 Å². The molecule has 4 rings (SSSR count). The summed E-state index contributed by atoms with van der Waals surface area (Å²) in [5, 5.41) is 7.39. The molecule has 0 aliphatic carbocycles. The number of carbonyl (C=O) groups is 1. The fourth-order valence-corrected chi connectivity index (χ4v) is 3.35. The van der Waals surface area contributed by atoms with E-state index in [2.05, 4.69) is 41.4 Å². The Kier molecular flexibility index (Phi) is 5.48. The van der Waals surface area contributed by atoms with E-state index in [-0.39, 0.29) is 5.91 Å². The zero-order valence-electron chi connectivity index (χ0n) is 17.3. The van der Waals surface area contributed by atoms with E-state index < -0.39 is 0 Å². The molecule has 2 aromatic heterocycles. The van der Waals surface area contributed by atoms with E-state index in [1.54, 1.807) is 16.9 Å². The molecular weight excluding hydrogens is 376 g/mol. The molecule has 0 unspecified atom stereocenters. The van der Waals surface area contributed by atoms with Crippen LogP contribution in [0.3, 0.4) is 0 Å². The summed E-state index contributed by atoms with van der Waals surface area (Å²) >= 11 is 0. The summed E-state index contributed by atoms with van der Waals surface area (Å²) in [5.41, 5.74) is 6.31. The standard InChI is InChI=1S/C24H24N4O2/c1-4-30-20-9-7-19(8-10-20)22-11-12-25-23-21(15-27-28(22)23)24(29)26-14-18-6-5-16(2)17(3)13-18/h5-13,15H,4,14H2,1-3H3,(H,26,29). The molecule has 152 valence electrons. The van der Waals surface area contributed by atoms with E-state index >= 15 is 0 Å². The Hall–Kier alpha value is -3.67. The molecule has 1 amide bonds. The van der Waals surface area contributed by atoms with Crippen molar-refractivity contribution in [2.45, 2.75) is 27.3 Å². The molecule has 6 heteroatoms. The van der Waals surface area contributed by atoms with Crippen molar-refractivity contribution in [2.75, 3.05) is 6.61 Å². The van der Waals surface area contributed by atoms with Crippen LogP contribution in [0.4, 0.5) is 0 Å². The number of aromatic nitrogens is 3. The monoisotopic (exact) mass is 400 g/mol. The van der Waals surface area contributed by atoms with Crippen molar-refractivity contribution in [2.24, 2.45) is 0 Å². The van der Waals surface area contributed by atoms with Gasteiger partial charge in [0.1, 0.15) is 11.3 Å². The maximum Gasteiger partial charge on any atom is 0.257 e. The van der Waals surface area contributed by atoms with Crippen LogP contribution in [0, 0.1) is 13.8 Å². The minimum absolute atomic E-state index is 0.195. The van der Waals surface area contributed by atoms with Crippen molar-refractivity contribution in [3.05, 3.63) is 83.2 Å². The topological polar surface area (TPSA) is 68.5 Å². The Morgan fingerprint density at radius 2 is 1.87 bits per heavy atom. The van der Waals surface area contributed by atoms with Gasteiger partial charge in [0.25, 0.3) is 5.91 Å². The summed E-state index contributed by atoms with van der Waals surface area (Å²) in [6, 6.07) is 15.9. The van der Waals surface area contributed by atoms with Gasteiger partial charge in [-0.1, -0.05) is 18.2 Å². The fourth-order valence-electron chi connectivity index (χ4n) is 3.35. The van der Waals surface area contributed by atoms with Crippen molar-refractivity contribution in [1.29, 1.82) is 0 Å². The lowest BCUT2D eigenvalue weighted by Crippen LogP contribution is -2.22. The molecule has 0 saturated heterocycles. The van der Waals surface area contributed by atoms with Gasteiger partial charge in [-0.15, -0.1) is 0 Å². The largest absolute Gasteiger partial charge is 0.494 e. The van der Waals surface area contributed by atoms with Crippen LogP contribution in [0.1, 0.15) is 34.0 Å². The first-order valence-electron chi connectivity index (χ1n) is 9.97. The number of amides is 1. The first-order chi connectivity index (χ1) is 14.6. The average molecular weight is 400 g/mol. The lowest BCUT2D eigenvalue weighted by atomic mass is 10.1. The molecule has 6 nitrogen and oxygen atoms in total. The predicted molar refractivity (Wildman–Crippen MR) is 117 cm³/mol. The summed E-state index contributed by atoms with van der Waals surface area (Å²) in [6.45, 7) is 7.17. The zero-order valence-corrected chi connectivity index (χ0v) is 17.3. The maximum atomic E-state index is 12.8. The lowest BCUT2D eigenvalue weighted by molar-refractivity contribution is 0.0952. The van der Waals surface area contributed by atoms with Gasteiger partial charge in [-0.2, -0.15) is 5.10 Å². The summed E-state index contributed by atoms with van der Waals surface area (Å²) < 4.78 is 7.20. The second-order valence-corrected chi connectivity index (χ2v) is 7.18. The number of nitrogens with zero attached hydrogens (tertiary/aromatic N) is 3. The Morgan fingerprint density at radius 3 is 2.60 bits per heavy atom. The number of carbonyl (C=O) groups excluding carboxylic acids is 1. The normalized spacial score (nSPS) is 10.9. The quantitative estimate of drug-likeness (QED) is 0.523. The molecule has 1 N–H and O–H groups in total. The number of benzene rings is 2. The second kappa shape index (κ2) is 8.37. The molecule has 4 aromatic rings. The van der Waals surface area contributed by atoms with Gasteiger partial charge in [-0.05, 0) is 67.8 Å². The highest BCUT2D eigenvalue weighted by atomic mass is 16.5. The maximum absolute atomic E-state index is 12.8. The third-order valence-electron chi connectivity index (χ3n) is 5.13. The minimum atomic E-state index is -0.195. The smallest absolute Gasteiger partial charge is 0.257 e. The van der Waals surface area contributed by atoms with Gasteiger partial charge < -0.3 is 10.1 Å². The van der Waals surface area contributed by atoms with E-state index in [0.29, 0.717) is 24.4 Å². The van der Waals surface area contributed by atoms with Gasteiger partial charge in [0.15, 0.2) is 5.65 Å². The number of rotatable bonds is 6. The van der Waals surface area contributed by atoms with Gasteiger partial charge >= 0.3 is 0 Å². The summed E-state index contributed by atoms with van der Waals surface area (Å²) in [7, 11) is 0. The Labute approximate surface area is 175 Å². The van der Waals surface area contributed by atoms with E-state index in [1.165, 1.54) is 11.1 Å². The van der Waals surface area contributed by atoms with E-state index in [4.69, 9.17) is 4.74 Å². The average Bonchev–Trinajstić information content (AvgIpc) is 3.20. The van der Waals surface area contributed by atoms with Crippen LogP contribution in [0.15, 0.2) is 60.9 Å². The van der Waals surface area contributed by atoms with Gasteiger partial charge in [-0.25, -0.2) is 9.50 Å². The van der Waals surface area contributed by atoms with Gasteiger partial charge in [-0.3, -0.25) is 4.79 Å². The van der Waals surface area contributed by atoms with Crippen LogP contribution in [-0.2, 0) is 6.54 Å². The number of hydrogen-bond acceptors (Lipinski definition) is 4. The molecule has 0 atom stereocenters. The molecule has 30 heavy (non-hydrogen) atoms. The highest BCUT2D eigenvalue weighted by Gasteiger charge is 2.16. The highest BCUT2D eigenvalue weighted by Crippen LogP contribution is 2.23. The highest BCUT2D eigenvalue weighted by molar-refractivity contribution is 5.99. The van der Waals surface area contributed by atoms with E-state index in [9.17, 15) is 4.79 Å². The molecule has 0 bridgehead atoms. The van der Waals surface area contributed by atoms with Crippen LogP contribution in [0.5, 0.6) is 5.75 Å². The first-order valence-corrected chi connectivity index (χ1v) is 9.97. The predicted octanol–water partition coefficient (Wildman–Crippen LogP) is 4.34. The van der Waals surface area contributed by atoms with Crippen molar-refractivity contribution in [1.82, 2.24) is 19.9 Å². The van der Waals surface area contributed by atoms with Crippen LogP contribution in [0.2, 0.25) is 0 Å². The number of aryl methyl sites for hydroxylation is 2. The fraction of sp³-hybridized carbons (Fsp3) is 0.208. The molecule has 2 heterocycles. The molecule has 0 saturated carbocycles. The summed E-state index contributed by atoms with van der Waals surface area (Å²) in [5.74, 6) is 0.623. The molecule has 2 aromatic carbocycles. The molecular formula is C24H24N4O2. The Bertz CT molecular complexity index is 1200. The third-order valence-corrected chi connectivity index (χ3v) is 5.13. The van der Waals surface area contributed by atoms with Crippen LogP contribution >= 0.6 is 0 Å².